The predicted molar refractivity (Wildman–Crippen MR) is 88.0 cm³/mol. The van der Waals surface area contributed by atoms with Gasteiger partial charge in [-0.1, -0.05) is 18.2 Å². The van der Waals surface area contributed by atoms with E-state index in [-0.39, 0.29) is 4.90 Å². The van der Waals surface area contributed by atoms with Gasteiger partial charge in [0.2, 0.25) is 5.88 Å². The molecule has 0 N–H and O–H groups in total. The van der Waals surface area contributed by atoms with E-state index >= 15 is 0 Å². The van der Waals surface area contributed by atoms with Crippen molar-refractivity contribution in [2.24, 2.45) is 0 Å². The number of halogens is 1. The van der Waals surface area contributed by atoms with Crippen LogP contribution < -0.4 is 4.74 Å². The van der Waals surface area contributed by atoms with Gasteiger partial charge in [0.1, 0.15) is 0 Å². The molecule has 0 atom stereocenters. The van der Waals surface area contributed by atoms with Gasteiger partial charge in [0.15, 0.2) is 5.65 Å². The van der Waals surface area contributed by atoms with E-state index in [0.29, 0.717) is 15.2 Å². The smallest absolute Gasteiger partial charge is 0.270 e. The number of nitrogens with zero attached hydrogens (tertiary/aromatic N) is 2. The standard InChI is InChI=1S/C14H11IN2O3S/c1-20-13-8-7-10-9-12(15)17(14(10)16-13)21(18,19)11-5-3-2-4-6-11/h2-9H,1H3. The third-order valence-corrected chi connectivity index (χ3v) is 5.87. The molecule has 0 aliphatic heterocycles. The first-order chi connectivity index (χ1) is 10.0. The maximum absolute atomic E-state index is 12.8. The first-order valence-electron chi connectivity index (χ1n) is 6.06. The maximum Gasteiger partial charge on any atom is 0.270 e. The monoisotopic (exact) mass is 414 g/mol. The van der Waals surface area contributed by atoms with Crippen LogP contribution in [-0.2, 0) is 10.0 Å². The lowest BCUT2D eigenvalue weighted by molar-refractivity contribution is 0.399. The van der Waals surface area contributed by atoms with Crippen LogP contribution in [-0.4, -0.2) is 24.5 Å². The van der Waals surface area contributed by atoms with Gasteiger partial charge in [-0.05, 0) is 46.9 Å². The fourth-order valence-electron chi connectivity index (χ4n) is 2.05. The van der Waals surface area contributed by atoms with E-state index in [4.69, 9.17) is 4.74 Å². The molecule has 0 saturated carbocycles. The van der Waals surface area contributed by atoms with Gasteiger partial charge in [-0.25, -0.2) is 12.4 Å². The minimum Gasteiger partial charge on any atom is -0.481 e. The molecule has 108 valence electrons. The summed E-state index contributed by atoms with van der Waals surface area (Å²) in [7, 11) is -2.19. The number of methoxy groups -OCH3 is 1. The van der Waals surface area contributed by atoms with Crippen molar-refractivity contribution in [2.75, 3.05) is 7.11 Å². The Morgan fingerprint density at radius 1 is 1.14 bits per heavy atom. The van der Waals surface area contributed by atoms with Crippen LogP contribution in [0.1, 0.15) is 0 Å². The third kappa shape index (κ3) is 2.40. The van der Waals surface area contributed by atoms with Crippen molar-refractivity contribution in [2.45, 2.75) is 4.90 Å². The van der Waals surface area contributed by atoms with Crippen molar-refractivity contribution in [3.05, 3.63) is 52.2 Å². The predicted octanol–water partition coefficient (Wildman–Crippen LogP) is 2.89. The largest absolute Gasteiger partial charge is 0.481 e. The summed E-state index contributed by atoms with van der Waals surface area (Å²) >= 11 is 1.99. The van der Waals surface area contributed by atoms with Gasteiger partial charge in [-0.3, -0.25) is 0 Å². The van der Waals surface area contributed by atoms with Gasteiger partial charge in [0.25, 0.3) is 10.0 Å². The molecular weight excluding hydrogens is 403 g/mol. The summed E-state index contributed by atoms with van der Waals surface area (Å²) in [6.07, 6.45) is 0. The van der Waals surface area contributed by atoms with E-state index in [9.17, 15) is 8.42 Å². The molecule has 0 unspecified atom stereocenters. The number of hydrogen-bond donors (Lipinski definition) is 0. The zero-order chi connectivity index (χ0) is 15.0. The number of fused-ring (bicyclic) bond motifs is 1. The molecule has 3 rings (SSSR count). The average molecular weight is 414 g/mol. The molecule has 2 heterocycles. The Kier molecular flexibility index (Phi) is 3.62. The van der Waals surface area contributed by atoms with Gasteiger partial charge in [0.05, 0.1) is 15.7 Å². The molecule has 0 bridgehead atoms. The second-order valence-corrected chi connectivity index (χ2v) is 7.21. The molecule has 7 heteroatoms. The minimum atomic E-state index is -3.69. The Morgan fingerprint density at radius 2 is 1.86 bits per heavy atom. The van der Waals surface area contributed by atoms with Crippen LogP contribution in [0.4, 0.5) is 0 Å². The number of benzene rings is 1. The first-order valence-corrected chi connectivity index (χ1v) is 8.58. The van der Waals surface area contributed by atoms with Gasteiger partial charge in [-0.2, -0.15) is 4.98 Å². The molecule has 0 spiro atoms. The molecule has 0 amide bonds. The topological polar surface area (TPSA) is 61.2 Å². The van der Waals surface area contributed by atoms with Crippen LogP contribution in [0.25, 0.3) is 11.0 Å². The van der Waals surface area contributed by atoms with Crippen molar-refractivity contribution >= 4 is 43.6 Å². The van der Waals surface area contributed by atoms with Gasteiger partial charge < -0.3 is 4.74 Å². The Labute approximate surface area is 135 Å². The summed E-state index contributed by atoms with van der Waals surface area (Å²) in [6.45, 7) is 0. The van der Waals surface area contributed by atoms with Crippen molar-refractivity contribution in [3.8, 4) is 5.88 Å². The zero-order valence-electron chi connectivity index (χ0n) is 11.0. The maximum atomic E-state index is 12.8. The molecule has 2 aromatic heterocycles. The second kappa shape index (κ2) is 5.30. The van der Waals surface area contributed by atoms with Crippen LogP contribution in [0.15, 0.2) is 53.4 Å². The second-order valence-electron chi connectivity index (χ2n) is 4.32. The van der Waals surface area contributed by atoms with E-state index in [1.54, 1.807) is 48.5 Å². The normalized spacial score (nSPS) is 11.7. The Balaban J connectivity index is 2.32. The summed E-state index contributed by atoms with van der Waals surface area (Å²) in [4.78, 5) is 4.49. The highest BCUT2D eigenvalue weighted by Crippen LogP contribution is 2.27. The summed E-state index contributed by atoms with van der Waals surface area (Å²) in [5.74, 6) is 0.376. The lowest BCUT2D eigenvalue weighted by Crippen LogP contribution is -2.15. The molecule has 0 radical (unpaired) electrons. The molecule has 5 nitrogen and oxygen atoms in total. The van der Waals surface area contributed by atoms with Crippen molar-refractivity contribution in [3.63, 3.8) is 0 Å². The number of ether oxygens (including phenoxy) is 1. The third-order valence-electron chi connectivity index (χ3n) is 3.03. The minimum absolute atomic E-state index is 0.227. The molecule has 0 aliphatic carbocycles. The lowest BCUT2D eigenvalue weighted by Gasteiger charge is -2.09. The van der Waals surface area contributed by atoms with Crippen molar-refractivity contribution < 1.29 is 13.2 Å². The van der Waals surface area contributed by atoms with Crippen LogP contribution >= 0.6 is 22.6 Å². The van der Waals surface area contributed by atoms with Crippen LogP contribution in [0.5, 0.6) is 5.88 Å². The number of hydrogen-bond acceptors (Lipinski definition) is 4. The fraction of sp³-hybridized carbons (Fsp3) is 0.0714. The van der Waals surface area contributed by atoms with Gasteiger partial charge in [0, 0.05) is 11.5 Å². The van der Waals surface area contributed by atoms with E-state index < -0.39 is 10.0 Å². The summed E-state index contributed by atoms with van der Waals surface area (Å²) < 4.78 is 32.5. The van der Waals surface area contributed by atoms with E-state index in [1.165, 1.54) is 11.1 Å². The first kappa shape index (κ1) is 14.3. The summed E-state index contributed by atoms with van der Waals surface area (Å²) in [6, 6.07) is 13.6. The highest BCUT2D eigenvalue weighted by molar-refractivity contribution is 14.1. The fourth-order valence-corrected chi connectivity index (χ4v) is 4.76. The van der Waals surface area contributed by atoms with E-state index in [0.717, 1.165) is 5.39 Å². The number of rotatable bonds is 3. The molecule has 3 aromatic rings. The molecule has 0 fully saturated rings. The molecule has 21 heavy (non-hydrogen) atoms. The summed E-state index contributed by atoms with van der Waals surface area (Å²) in [5.41, 5.74) is 0.364. The van der Waals surface area contributed by atoms with Gasteiger partial charge in [-0.15, -0.1) is 0 Å². The highest BCUT2D eigenvalue weighted by Gasteiger charge is 2.23. The van der Waals surface area contributed by atoms with Crippen molar-refractivity contribution in [1.29, 1.82) is 0 Å². The SMILES string of the molecule is COc1ccc2cc(I)n(S(=O)(=O)c3ccccc3)c2n1. The molecule has 0 saturated heterocycles. The van der Waals surface area contributed by atoms with Crippen molar-refractivity contribution in [1.82, 2.24) is 8.96 Å². The molecular formula is C14H11IN2O3S. The number of aromatic nitrogens is 2. The quantitative estimate of drug-likeness (QED) is 0.619. The van der Waals surface area contributed by atoms with Gasteiger partial charge >= 0.3 is 0 Å². The van der Waals surface area contributed by atoms with Crippen LogP contribution in [0, 0.1) is 3.70 Å². The molecule has 0 aliphatic rings. The summed E-state index contributed by atoms with van der Waals surface area (Å²) in [5, 5.41) is 0.750. The van der Waals surface area contributed by atoms with E-state index in [2.05, 4.69) is 4.98 Å². The molecule has 1 aromatic carbocycles. The highest BCUT2D eigenvalue weighted by atomic mass is 127. The Morgan fingerprint density at radius 3 is 2.52 bits per heavy atom. The Bertz CT molecular complexity index is 905. The lowest BCUT2D eigenvalue weighted by atomic mass is 10.3. The van der Waals surface area contributed by atoms with Crippen LogP contribution in [0.3, 0.4) is 0 Å². The van der Waals surface area contributed by atoms with Crippen LogP contribution in [0.2, 0.25) is 0 Å². The average Bonchev–Trinajstić information content (AvgIpc) is 2.83. The van der Waals surface area contributed by atoms with E-state index in [1.807, 2.05) is 22.6 Å². The zero-order valence-corrected chi connectivity index (χ0v) is 14.0. The number of pyridine rings is 1. The Hall–Kier alpha value is -1.61.